The summed E-state index contributed by atoms with van der Waals surface area (Å²) in [5.74, 6) is 1.29. The van der Waals surface area contributed by atoms with Gasteiger partial charge in [-0.15, -0.1) is 12.4 Å². The maximum absolute atomic E-state index is 12.8. The van der Waals surface area contributed by atoms with E-state index in [-0.39, 0.29) is 42.2 Å². The van der Waals surface area contributed by atoms with E-state index in [0.29, 0.717) is 24.2 Å². The van der Waals surface area contributed by atoms with Crippen LogP contribution in [0.1, 0.15) is 66.2 Å². The molecule has 0 radical (unpaired) electrons. The van der Waals surface area contributed by atoms with Crippen molar-refractivity contribution in [3.8, 4) is 0 Å². The third-order valence-corrected chi connectivity index (χ3v) is 5.54. The van der Waals surface area contributed by atoms with Gasteiger partial charge in [0.05, 0.1) is 0 Å². The maximum Gasteiger partial charge on any atom is 0.243 e. The van der Waals surface area contributed by atoms with E-state index in [0.717, 1.165) is 25.7 Å². The van der Waals surface area contributed by atoms with Gasteiger partial charge in [-0.05, 0) is 49.4 Å². The Labute approximate surface area is 158 Å². The normalized spacial score (nSPS) is 29.7. The third kappa shape index (κ3) is 6.14. The van der Waals surface area contributed by atoms with Crippen molar-refractivity contribution in [1.29, 1.82) is 0 Å². The van der Waals surface area contributed by atoms with Crippen LogP contribution in [0.4, 0.5) is 0 Å². The van der Waals surface area contributed by atoms with Crippen LogP contribution in [0.25, 0.3) is 0 Å². The molecule has 2 aliphatic carbocycles. The van der Waals surface area contributed by atoms with Crippen LogP contribution in [0.5, 0.6) is 0 Å². The fourth-order valence-corrected chi connectivity index (χ4v) is 4.42. The molecule has 0 aromatic carbocycles. The number of amides is 2. The lowest BCUT2D eigenvalue weighted by Gasteiger charge is -2.45. The number of hydrogen-bond donors (Lipinski definition) is 3. The summed E-state index contributed by atoms with van der Waals surface area (Å²) >= 11 is 0. The lowest BCUT2D eigenvalue weighted by molar-refractivity contribution is -0.131. The van der Waals surface area contributed by atoms with E-state index >= 15 is 0 Å². The van der Waals surface area contributed by atoms with Crippen LogP contribution in [0.15, 0.2) is 0 Å². The minimum atomic E-state index is -0.451. The van der Waals surface area contributed by atoms with Gasteiger partial charge in [0.1, 0.15) is 6.04 Å². The predicted molar refractivity (Wildman–Crippen MR) is 103 cm³/mol. The van der Waals surface area contributed by atoms with Crippen molar-refractivity contribution >= 4 is 24.2 Å². The summed E-state index contributed by atoms with van der Waals surface area (Å²) < 4.78 is 0. The number of carbonyl (C=O) groups excluding carboxylic acids is 2. The van der Waals surface area contributed by atoms with Crippen LogP contribution < -0.4 is 16.4 Å². The van der Waals surface area contributed by atoms with Gasteiger partial charge in [0.25, 0.3) is 0 Å². The largest absolute Gasteiger partial charge is 0.351 e. The molecular formula is C19H36ClN3O2. The number of nitrogens with two attached hydrogens (primary N) is 1. The summed E-state index contributed by atoms with van der Waals surface area (Å²) in [7, 11) is 0. The fourth-order valence-electron chi connectivity index (χ4n) is 4.42. The van der Waals surface area contributed by atoms with Gasteiger partial charge in [0, 0.05) is 18.5 Å². The number of carbonyl (C=O) groups is 2. The highest BCUT2D eigenvalue weighted by atomic mass is 35.5. The van der Waals surface area contributed by atoms with E-state index in [4.69, 9.17) is 5.73 Å². The number of rotatable bonds is 6. The van der Waals surface area contributed by atoms with Gasteiger partial charge >= 0.3 is 0 Å². The van der Waals surface area contributed by atoms with Crippen LogP contribution in [0.2, 0.25) is 0 Å². The summed E-state index contributed by atoms with van der Waals surface area (Å²) in [6, 6.07) is 0.0574. The molecule has 0 saturated heterocycles. The molecule has 3 unspecified atom stereocenters. The molecule has 4 N–H and O–H groups in total. The monoisotopic (exact) mass is 373 g/mol. The molecule has 0 aromatic rings. The SMILES string of the molecule is CC(C)CC(=O)NC(C(=O)NC1C2CCCC1CC(N)C2)C(C)C.Cl. The molecule has 0 aliphatic heterocycles. The van der Waals surface area contributed by atoms with Gasteiger partial charge < -0.3 is 16.4 Å². The minimum Gasteiger partial charge on any atom is -0.351 e. The molecule has 2 amide bonds. The molecule has 146 valence electrons. The van der Waals surface area contributed by atoms with Crippen molar-refractivity contribution in [3.05, 3.63) is 0 Å². The summed E-state index contributed by atoms with van der Waals surface area (Å²) in [4.78, 5) is 24.9. The number of hydrogen-bond acceptors (Lipinski definition) is 3. The second-order valence-electron chi connectivity index (χ2n) is 8.60. The van der Waals surface area contributed by atoms with Crippen molar-refractivity contribution in [2.24, 2.45) is 29.4 Å². The summed E-state index contributed by atoms with van der Waals surface area (Å²) in [6.07, 6.45) is 6.02. The first-order valence-corrected chi connectivity index (χ1v) is 9.63. The Morgan fingerprint density at radius 3 is 2.12 bits per heavy atom. The zero-order valence-electron chi connectivity index (χ0n) is 16.1. The van der Waals surface area contributed by atoms with Crippen LogP contribution in [-0.4, -0.2) is 29.9 Å². The Morgan fingerprint density at radius 1 is 1.08 bits per heavy atom. The maximum atomic E-state index is 12.8. The molecule has 25 heavy (non-hydrogen) atoms. The Kier molecular flexibility index (Phi) is 8.69. The molecule has 2 bridgehead atoms. The standard InChI is InChI=1S/C19H35N3O2.ClH/c1-11(2)8-16(23)21-17(12(3)4)19(24)22-18-13-6-5-7-14(18)10-15(20)9-13;/h11-15,17-18H,5-10,20H2,1-4H3,(H,21,23)(H,22,24);1H. The lowest BCUT2D eigenvalue weighted by atomic mass is 9.67. The molecule has 3 atom stereocenters. The highest BCUT2D eigenvalue weighted by Crippen LogP contribution is 2.39. The van der Waals surface area contributed by atoms with Gasteiger partial charge in [-0.3, -0.25) is 9.59 Å². The molecule has 6 heteroatoms. The van der Waals surface area contributed by atoms with E-state index in [1.54, 1.807) is 0 Å². The highest BCUT2D eigenvalue weighted by Gasteiger charge is 2.41. The Hall–Kier alpha value is -0.810. The number of nitrogens with one attached hydrogen (secondary N) is 2. The minimum absolute atomic E-state index is 0. The first kappa shape index (κ1) is 22.2. The average molecular weight is 374 g/mol. The Balaban J connectivity index is 0.00000312. The van der Waals surface area contributed by atoms with E-state index in [1.807, 2.05) is 27.7 Å². The summed E-state index contributed by atoms with van der Waals surface area (Å²) in [5, 5.41) is 6.21. The van der Waals surface area contributed by atoms with Crippen LogP contribution in [-0.2, 0) is 9.59 Å². The van der Waals surface area contributed by atoms with Crippen molar-refractivity contribution in [2.45, 2.75) is 84.3 Å². The van der Waals surface area contributed by atoms with Gasteiger partial charge in [-0.25, -0.2) is 0 Å². The molecule has 2 rings (SSSR count). The zero-order valence-corrected chi connectivity index (χ0v) is 16.9. The summed E-state index contributed by atoms with van der Waals surface area (Å²) in [6.45, 7) is 7.99. The highest BCUT2D eigenvalue weighted by molar-refractivity contribution is 5.88. The quantitative estimate of drug-likeness (QED) is 0.669. The summed E-state index contributed by atoms with van der Waals surface area (Å²) in [5.41, 5.74) is 6.17. The lowest BCUT2D eigenvalue weighted by Crippen LogP contribution is -2.58. The van der Waals surface area contributed by atoms with Gasteiger partial charge in [0.15, 0.2) is 0 Å². The van der Waals surface area contributed by atoms with Crippen molar-refractivity contribution in [1.82, 2.24) is 10.6 Å². The van der Waals surface area contributed by atoms with Crippen molar-refractivity contribution < 1.29 is 9.59 Å². The van der Waals surface area contributed by atoms with Gasteiger partial charge in [-0.1, -0.05) is 34.1 Å². The van der Waals surface area contributed by atoms with E-state index in [2.05, 4.69) is 10.6 Å². The van der Waals surface area contributed by atoms with Crippen LogP contribution >= 0.6 is 12.4 Å². The topological polar surface area (TPSA) is 84.2 Å². The second kappa shape index (κ2) is 9.77. The van der Waals surface area contributed by atoms with Crippen LogP contribution in [0.3, 0.4) is 0 Å². The number of fused-ring (bicyclic) bond motifs is 2. The Morgan fingerprint density at radius 2 is 1.64 bits per heavy atom. The van der Waals surface area contributed by atoms with Gasteiger partial charge in [0.2, 0.25) is 11.8 Å². The van der Waals surface area contributed by atoms with Gasteiger partial charge in [-0.2, -0.15) is 0 Å². The first-order chi connectivity index (χ1) is 11.3. The third-order valence-electron chi connectivity index (χ3n) is 5.54. The molecule has 5 nitrogen and oxygen atoms in total. The molecule has 2 fully saturated rings. The zero-order chi connectivity index (χ0) is 17.9. The molecule has 0 spiro atoms. The number of halogens is 1. The second-order valence-corrected chi connectivity index (χ2v) is 8.60. The fraction of sp³-hybridized carbons (Fsp3) is 0.895. The van der Waals surface area contributed by atoms with Crippen molar-refractivity contribution in [2.75, 3.05) is 0 Å². The van der Waals surface area contributed by atoms with Crippen LogP contribution in [0, 0.1) is 23.7 Å². The van der Waals surface area contributed by atoms with Crippen molar-refractivity contribution in [3.63, 3.8) is 0 Å². The average Bonchev–Trinajstić information content (AvgIpc) is 2.44. The smallest absolute Gasteiger partial charge is 0.243 e. The molecular weight excluding hydrogens is 338 g/mol. The first-order valence-electron chi connectivity index (χ1n) is 9.63. The molecule has 2 aliphatic rings. The van der Waals surface area contributed by atoms with E-state index < -0.39 is 6.04 Å². The van der Waals surface area contributed by atoms with E-state index in [1.165, 1.54) is 6.42 Å². The molecule has 2 saturated carbocycles. The Bertz CT molecular complexity index is 442. The molecule has 0 heterocycles. The van der Waals surface area contributed by atoms with E-state index in [9.17, 15) is 9.59 Å². The molecule has 0 aromatic heterocycles. The predicted octanol–water partition coefficient (Wildman–Crippen LogP) is 2.62.